The largest absolute Gasteiger partial charge is 0.417 e. The minimum Gasteiger partial charge on any atom is -0.417 e. The average Bonchev–Trinajstić information content (AvgIpc) is 2.68. The summed E-state index contributed by atoms with van der Waals surface area (Å²) in [4.78, 5) is 12.4. The van der Waals surface area contributed by atoms with Crippen LogP contribution in [0.15, 0.2) is 16.5 Å². The molecule has 0 saturated heterocycles. The van der Waals surface area contributed by atoms with Gasteiger partial charge >= 0.3 is 5.97 Å². The van der Waals surface area contributed by atoms with Gasteiger partial charge in [-0.15, -0.1) is 0 Å². The fourth-order valence-electron chi connectivity index (χ4n) is 2.86. The molecule has 1 aromatic heterocycles. The zero-order chi connectivity index (χ0) is 14.5. The highest BCUT2D eigenvalue weighted by atomic mass is 16.6. The zero-order valence-corrected chi connectivity index (χ0v) is 12.4. The third kappa shape index (κ3) is 1.63. The minimum atomic E-state index is -0.497. The second kappa shape index (κ2) is 3.90. The smallest absolute Gasteiger partial charge is 0.320 e. The maximum absolute atomic E-state index is 12.4. The van der Waals surface area contributed by atoms with Crippen LogP contribution in [0.1, 0.15) is 47.3 Å². The minimum absolute atomic E-state index is 0.0876. The van der Waals surface area contributed by atoms with E-state index in [1.165, 1.54) is 0 Å². The van der Waals surface area contributed by atoms with Crippen molar-refractivity contribution < 1.29 is 13.9 Å². The fraction of sp³-hybridized carbons (Fsp3) is 0.562. The van der Waals surface area contributed by atoms with Gasteiger partial charge in [0.25, 0.3) is 5.95 Å². The standard InChI is InChI=1S/C16H20O3/c1-7-8-11-9-10-12(18-11)19-13(17)16(6)14(2,3)15(16,4)5/h9-10H,1-6H3. The summed E-state index contributed by atoms with van der Waals surface area (Å²) >= 11 is 0. The van der Waals surface area contributed by atoms with E-state index in [4.69, 9.17) is 9.15 Å². The van der Waals surface area contributed by atoms with E-state index in [1.54, 1.807) is 19.1 Å². The van der Waals surface area contributed by atoms with E-state index in [9.17, 15) is 4.79 Å². The highest BCUT2D eigenvalue weighted by Crippen LogP contribution is 2.77. The van der Waals surface area contributed by atoms with Gasteiger partial charge in [0, 0.05) is 6.07 Å². The quantitative estimate of drug-likeness (QED) is 0.602. The molecular formula is C16H20O3. The first kappa shape index (κ1) is 13.7. The Labute approximate surface area is 114 Å². The van der Waals surface area contributed by atoms with Crippen molar-refractivity contribution in [2.75, 3.05) is 0 Å². The van der Waals surface area contributed by atoms with Crippen molar-refractivity contribution in [3.8, 4) is 17.8 Å². The molecule has 0 atom stereocenters. The summed E-state index contributed by atoms with van der Waals surface area (Å²) in [7, 11) is 0. The Morgan fingerprint density at radius 1 is 1.16 bits per heavy atom. The number of furan rings is 1. The van der Waals surface area contributed by atoms with Crippen LogP contribution in [0.4, 0.5) is 0 Å². The number of rotatable bonds is 2. The van der Waals surface area contributed by atoms with Crippen LogP contribution < -0.4 is 4.74 Å². The summed E-state index contributed by atoms with van der Waals surface area (Å²) in [6.45, 7) is 12.0. The van der Waals surface area contributed by atoms with Crippen molar-refractivity contribution >= 4 is 5.97 Å². The molecule has 1 saturated carbocycles. The summed E-state index contributed by atoms with van der Waals surface area (Å²) in [5.41, 5.74) is -0.672. The van der Waals surface area contributed by atoms with E-state index in [0.29, 0.717) is 5.76 Å². The van der Waals surface area contributed by atoms with Gasteiger partial charge in [0.05, 0.1) is 5.41 Å². The molecule has 1 aliphatic rings. The first-order valence-electron chi connectivity index (χ1n) is 6.43. The average molecular weight is 260 g/mol. The lowest BCUT2D eigenvalue weighted by molar-refractivity contribution is -0.143. The van der Waals surface area contributed by atoms with Crippen LogP contribution in [0.2, 0.25) is 0 Å². The Balaban J connectivity index is 2.16. The van der Waals surface area contributed by atoms with Gasteiger partial charge in [0.15, 0.2) is 5.76 Å². The second-order valence-corrected chi connectivity index (χ2v) is 6.26. The molecule has 0 spiro atoms. The third-order valence-corrected chi connectivity index (χ3v) is 5.43. The van der Waals surface area contributed by atoms with Gasteiger partial charge in [0.2, 0.25) is 0 Å². The van der Waals surface area contributed by atoms with Crippen LogP contribution in [-0.4, -0.2) is 5.97 Å². The number of ether oxygens (including phenoxy) is 1. The zero-order valence-electron chi connectivity index (χ0n) is 12.4. The molecule has 19 heavy (non-hydrogen) atoms. The Hall–Kier alpha value is -1.69. The molecule has 0 N–H and O–H groups in total. The number of hydrogen-bond donors (Lipinski definition) is 0. The monoisotopic (exact) mass is 260 g/mol. The molecule has 1 aromatic rings. The van der Waals surface area contributed by atoms with Gasteiger partial charge in [0.1, 0.15) is 0 Å². The maximum atomic E-state index is 12.4. The van der Waals surface area contributed by atoms with Gasteiger partial charge in [-0.25, -0.2) is 0 Å². The molecule has 0 bridgehead atoms. The van der Waals surface area contributed by atoms with Crippen molar-refractivity contribution in [1.29, 1.82) is 0 Å². The molecule has 1 fully saturated rings. The van der Waals surface area contributed by atoms with E-state index in [0.717, 1.165) is 0 Å². The summed E-state index contributed by atoms with van der Waals surface area (Å²) in [5.74, 6) is 5.99. The van der Waals surface area contributed by atoms with Gasteiger partial charge < -0.3 is 9.15 Å². The van der Waals surface area contributed by atoms with E-state index >= 15 is 0 Å². The van der Waals surface area contributed by atoms with Crippen LogP contribution in [0, 0.1) is 28.1 Å². The van der Waals surface area contributed by atoms with Crippen LogP contribution in [-0.2, 0) is 4.79 Å². The Bertz CT molecular complexity index is 565. The van der Waals surface area contributed by atoms with Crippen LogP contribution in [0.5, 0.6) is 5.95 Å². The van der Waals surface area contributed by atoms with Crippen molar-refractivity contribution in [3.63, 3.8) is 0 Å². The summed E-state index contributed by atoms with van der Waals surface area (Å²) in [6.07, 6.45) is 0. The molecule has 1 aliphatic carbocycles. The molecule has 3 nitrogen and oxygen atoms in total. The highest BCUT2D eigenvalue weighted by Gasteiger charge is 2.79. The van der Waals surface area contributed by atoms with Gasteiger partial charge in [-0.2, -0.15) is 0 Å². The predicted molar refractivity (Wildman–Crippen MR) is 72.6 cm³/mol. The number of carbonyl (C=O) groups is 1. The third-order valence-electron chi connectivity index (χ3n) is 5.43. The SMILES string of the molecule is CC#Cc1ccc(OC(=O)C2(C)C(C)(C)C2(C)C)o1. The van der Waals surface area contributed by atoms with E-state index < -0.39 is 5.41 Å². The molecule has 3 heteroatoms. The molecule has 1 heterocycles. The second-order valence-electron chi connectivity index (χ2n) is 6.26. The molecule has 0 aliphatic heterocycles. The van der Waals surface area contributed by atoms with E-state index in [-0.39, 0.29) is 22.7 Å². The van der Waals surface area contributed by atoms with E-state index in [2.05, 4.69) is 39.5 Å². The molecular weight excluding hydrogens is 240 g/mol. The summed E-state index contributed by atoms with van der Waals surface area (Å²) in [6, 6.07) is 3.33. The molecule has 102 valence electrons. The number of hydrogen-bond acceptors (Lipinski definition) is 3. The maximum Gasteiger partial charge on any atom is 0.320 e. The van der Waals surface area contributed by atoms with Crippen LogP contribution in [0.25, 0.3) is 0 Å². The topological polar surface area (TPSA) is 39.4 Å². The van der Waals surface area contributed by atoms with Crippen molar-refractivity contribution in [2.24, 2.45) is 16.2 Å². The van der Waals surface area contributed by atoms with E-state index in [1.807, 2.05) is 6.92 Å². The first-order chi connectivity index (χ1) is 8.68. The van der Waals surface area contributed by atoms with Gasteiger partial charge in [-0.3, -0.25) is 4.79 Å². The van der Waals surface area contributed by atoms with Crippen molar-refractivity contribution in [1.82, 2.24) is 0 Å². The molecule has 0 unspecified atom stereocenters. The van der Waals surface area contributed by atoms with Crippen molar-refractivity contribution in [3.05, 3.63) is 17.9 Å². The lowest BCUT2D eigenvalue weighted by Gasteiger charge is -2.12. The van der Waals surface area contributed by atoms with Gasteiger partial charge in [-0.05, 0) is 36.7 Å². The molecule has 0 amide bonds. The Morgan fingerprint density at radius 3 is 2.21 bits per heavy atom. The molecule has 0 aromatic carbocycles. The predicted octanol–water partition coefficient (Wildman–Crippen LogP) is 3.63. The lowest BCUT2D eigenvalue weighted by Crippen LogP contribution is -2.25. The first-order valence-corrected chi connectivity index (χ1v) is 6.43. The molecule has 0 radical (unpaired) electrons. The fourth-order valence-corrected chi connectivity index (χ4v) is 2.86. The lowest BCUT2D eigenvalue weighted by atomic mass is 9.98. The number of carbonyl (C=O) groups excluding carboxylic acids is 1. The normalized spacial score (nSPS) is 21.2. The Morgan fingerprint density at radius 2 is 1.74 bits per heavy atom. The molecule has 2 rings (SSSR count). The summed E-state index contributed by atoms with van der Waals surface area (Å²) in [5, 5.41) is 0. The van der Waals surface area contributed by atoms with Crippen LogP contribution in [0.3, 0.4) is 0 Å². The Kier molecular flexibility index (Phi) is 2.82. The van der Waals surface area contributed by atoms with Crippen LogP contribution >= 0.6 is 0 Å². The summed E-state index contributed by atoms with van der Waals surface area (Å²) < 4.78 is 10.7. The van der Waals surface area contributed by atoms with Gasteiger partial charge in [-0.1, -0.05) is 33.6 Å². The highest BCUT2D eigenvalue weighted by molar-refractivity contribution is 5.85. The van der Waals surface area contributed by atoms with Crippen molar-refractivity contribution in [2.45, 2.75) is 41.5 Å². The number of esters is 1.